The molecule has 2 amide bonds. The van der Waals surface area contributed by atoms with E-state index >= 15 is 0 Å². The molecular formula is C24H28N2O4. The Bertz CT molecular complexity index is 893. The van der Waals surface area contributed by atoms with Gasteiger partial charge >= 0.3 is 0 Å². The number of anilines is 1. The minimum absolute atomic E-state index is 0.0865. The Kier molecular flexibility index (Phi) is 6.21. The van der Waals surface area contributed by atoms with Gasteiger partial charge in [-0.15, -0.1) is 0 Å². The smallest absolute Gasteiger partial charge is 0.251 e. The molecule has 0 radical (unpaired) electrons. The first-order chi connectivity index (χ1) is 14.6. The lowest BCUT2D eigenvalue weighted by Crippen LogP contribution is -2.50. The molecule has 2 aliphatic rings. The molecule has 0 unspecified atom stereocenters. The van der Waals surface area contributed by atoms with Gasteiger partial charge in [-0.3, -0.25) is 9.59 Å². The molecule has 0 spiro atoms. The fraction of sp³-hybridized carbons (Fsp3) is 0.417. The molecule has 1 heterocycles. The van der Waals surface area contributed by atoms with Gasteiger partial charge in [0, 0.05) is 30.3 Å². The summed E-state index contributed by atoms with van der Waals surface area (Å²) in [7, 11) is 1.60. The molecule has 1 N–H and O–H groups in total. The number of para-hydroxylation sites is 1. The number of ether oxygens (including phenoxy) is 2. The van der Waals surface area contributed by atoms with Gasteiger partial charge in [0.25, 0.3) is 5.91 Å². The number of hydrogen-bond acceptors (Lipinski definition) is 4. The molecule has 1 saturated heterocycles. The lowest BCUT2D eigenvalue weighted by Gasteiger charge is -2.33. The summed E-state index contributed by atoms with van der Waals surface area (Å²) in [6.07, 6.45) is 5.64. The molecule has 1 aliphatic heterocycles. The van der Waals surface area contributed by atoms with Crippen molar-refractivity contribution < 1.29 is 19.1 Å². The molecule has 2 aromatic rings. The maximum atomic E-state index is 12.9. The van der Waals surface area contributed by atoms with E-state index in [1.54, 1.807) is 30.2 Å². The SMILES string of the molecule is COc1ccc(C(=O)N[C@H]2CCC(=O)N(c3ccccc3)C2)cc1OC1CCCC1. The van der Waals surface area contributed by atoms with Crippen molar-refractivity contribution in [3.8, 4) is 11.5 Å². The highest BCUT2D eigenvalue weighted by atomic mass is 16.5. The van der Waals surface area contributed by atoms with E-state index in [1.165, 1.54) is 12.8 Å². The number of nitrogens with one attached hydrogen (secondary N) is 1. The van der Waals surface area contributed by atoms with Crippen molar-refractivity contribution >= 4 is 17.5 Å². The molecular weight excluding hydrogens is 380 g/mol. The summed E-state index contributed by atoms with van der Waals surface area (Å²) in [5.41, 5.74) is 1.39. The topological polar surface area (TPSA) is 67.9 Å². The summed E-state index contributed by atoms with van der Waals surface area (Å²) in [5, 5.41) is 3.08. The Balaban J connectivity index is 1.44. The molecule has 1 saturated carbocycles. The van der Waals surface area contributed by atoms with Gasteiger partial charge in [-0.25, -0.2) is 0 Å². The van der Waals surface area contributed by atoms with E-state index in [0.717, 1.165) is 18.5 Å². The van der Waals surface area contributed by atoms with Crippen molar-refractivity contribution in [3.63, 3.8) is 0 Å². The summed E-state index contributed by atoms with van der Waals surface area (Å²) >= 11 is 0. The maximum absolute atomic E-state index is 12.9. The van der Waals surface area contributed by atoms with Crippen LogP contribution in [-0.2, 0) is 4.79 Å². The zero-order valence-corrected chi connectivity index (χ0v) is 17.3. The Morgan fingerprint density at radius 2 is 1.80 bits per heavy atom. The van der Waals surface area contributed by atoms with Crippen LogP contribution in [0.25, 0.3) is 0 Å². The zero-order valence-electron chi connectivity index (χ0n) is 17.3. The Labute approximate surface area is 177 Å². The first kappa shape index (κ1) is 20.3. The lowest BCUT2D eigenvalue weighted by atomic mass is 10.0. The second kappa shape index (κ2) is 9.20. The minimum Gasteiger partial charge on any atom is -0.493 e. The summed E-state index contributed by atoms with van der Waals surface area (Å²) in [5.74, 6) is 1.17. The van der Waals surface area contributed by atoms with Crippen LogP contribution in [0.3, 0.4) is 0 Å². The summed E-state index contributed by atoms with van der Waals surface area (Å²) in [4.78, 5) is 27.0. The molecule has 6 heteroatoms. The van der Waals surface area contributed by atoms with E-state index in [9.17, 15) is 9.59 Å². The quantitative estimate of drug-likeness (QED) is 0.786. The molecule has 2 fully saturated rings. The van der Waals surface area contributed by atoms with Crippen LogP contribution >= 0.6 is 0 Å². The van der Waals surface area contributed by atoms with Crippen LogP contribution in [-0.4, -0.2) is 37.6 Å². The van der Waals surface area contributed by atoms with Crippen molar-refractivity contribution in [3.05, 3.63) is 54.1 Å². The Morgan fingerprint density at radius 1 is 1.03 bits per heavy atom. The number of amides is 2. The number of benzene rings is 2. The first-order valence-corrected chi connectivity index (χ1v) is 10.6. The van der Waals surface area contributed by atoms with E-state index in [-0.39, 0.29) is 24.0 Å². The second-order valence-electron chi connectivity index (χ2n) is 7.94. The number of hydrogen-bond donors (Lipinski definition) is 1. The molecule has 6 nitrogen and oxygen atoms in total. The van der Waals surface area contributed by atoms with Crippen molar-refractivity contribution in [2.24, 2.45) is 0 Å². The van der Waals surface area contributed by atoms with Crippen molar-refractivity contribution in [2.45, 2.75) is 50.7 Å². The number of nitrogens with zero attached hydrogens (tertiary/aromatic N) is 1. The van der Waals surface area contributed by atoms with Gasteiger partial charge in [-0.1, -0.05) is 18.2 Å². The van der Waals surface area contributed by atoms with Crippen molar-refractivity contribution in [1.29, 1.82) is 0 Å². The summed E-state index contributed by atoms with van der Waals surface area (Å²) in [6, 6.07) is 14.8. The van der Waals surface area contributed by atoms with E-state index in [4.69, 9.17) is 9.47 Å². The Hall–Kier alpha value is -3.02. The first-order valence-electron chi connectivity index (χ1n) is 10.6. The van der Waals surface area contributed by atoms with Gasteiger partial charge < -0.3 is 19.7 Å². The third-order valence-electron chi connectivity index (χ3n) is 5.84. The standard InChI is InChI=1S/C24H28N2O4/c1-29-21-13-11-17(15-22(21)30-20-9-5-6-10-20)24(28)25-18-12-14-23(27)26(16-18)19-7-3-2-4-8-19/h2-4,7-8,11,13,15,18,20H,5-6,9-10,12,14,16H2,1H3,(H,25,28)/t18-/m0/s1. The number of carbonyl (C=O) groups is 2. The average Bonchev–Trinajstić information content (AvgIpc) is 3.28. The van der Waals surface area contributed by atoms with Crippen LogP contribution < -0.4 is 19.7 Å². The summed E-state index contributed by atoms with van der Waals surface area (Å²) in [6.45, 7) is 0.468. The van der Waals surface area contributed by atoms with Crippen LogP contribution in [0.5, 0.6) is 11.5 Å². The van der Waals surface area contributed by atoms with Crippen LogP contribution in [0, 0.1) is 0 Å². The van der Waals surface area contributed by atoms with Gasteiger partial charge in [0.2, 0.25) is 5.91 Å². The van der Waals surface area contributed by atoms with Gasteiger partial charge in [0.15, 0.2) is 11.5 Å². The van der Waals surface area contributed by atoms with Crippen molar-refractivity contribution in [1.82, 2.24) is 5.32 Å². The Morgan fingerprint density at radius 3 is 2.53 bits per heavy atom. The molecule has 2 aromatic carbocycles. The zero-order chi connectivity index (χ0) is 20.9. The van der Waals surface area contributed by atoms with Gasteiger partial charge in [-0.2, -0.15) is 0 Å². The second-order valence-corrected chi connectivity index (χ2v) is 7.94. The minimum atomic E-state index is -0.165. The third-order valence-corrected chi connectivity index (χ3v) is 5.84. The number of rotatable bonds is 6. The van der Waals surface area contributed by atoms with Gasteiger partial charge in [-0.05, 0) is 62.4 Å². The highest BCUT2D eigenvalue weighted by Gasteiger charge is 2.28. The third kappa shape index (κ3) is 4.58. The predicted molar refractivity (Wildman–Crippen MR) is 115 cm³/mol. The largest absolute Gasteiger partial charge is 0.493 e. The van der Waals surface area contributed by atoms with E-state index in [0.29, 0.717) is 36.4 Å². The highest BCUT2D eigenvalue weighted by Crippen LogP contribution is 2.32. The molecule has 158 valence electrons. The molecule has 30 heavy (non-hydrogen) atoms. The average molecular weight is 408 g/mol. The molecule has 1 aliphatic carbocycles. The van der Waals surface area contributed by atoms with E-state index in [1.807, 2.05) is 30.3 Å². The number of piperidine rings is 1. The highest BCUT2D eigenvalue weighted by molar-refractivity contribution is 5.97. The maximum Gasteiger partial charge on any atom is 0.251 e. The number of methoxy groups -OCH3 is 1. The van der Waals surface area contributed by atoms with E-state index in [2.05, 4.69) is 5.32 Å². The normalized spacial score (nSPS) is 19.6. The lowest BCUT2D eigenvalue weighted by molar-refractivity contribution is -0.119. The molecule has 1 atom stereocenters. The van der Waals surface area contributed by atoms with Gasteiger partial charge in [0.1, 0.15) is 0 Å². The monoisotopic (exact) mass is 408 g/mol. The van der Waals surface area contributed by atoms with Crippen LogP contribution in [0.1, 0.15) is 48.9 Å². The number of carbonyl (C=O) groups excluding carboxylic acids is 2. The van der Waals surface area contributed by atoms with E-state index < -0.39 is 0 Å². The van der Waals surface area contributed by atoms with Crippen LogP contribution in [0.2, 0.25) is 0 Å². The van der Waals surface area contributed by atoms with Crippen LogP contribution in [0.15, 0.2) is 48.5 Å². The summed E-state index contributed by atoms with van der Waals surface area (Å²) < 4.78 is 11.5. The molecule has 0 aromatic heterocycles. The van der Waals surface area contributed by atoms with Gasteiger partial charge in [0.05, 0.1) is 13.2 Å². The van der Waals surface area contributed by atoms with Crippen LogP contribution in [0.4, 0.5) is 5.69 Å². The fourth-order valence-corrected chi connectivity index (χ4v) is 4.19. The predicted octanol–water partition coefficient (Wildman–Crippen LogP) is 3.94. The molecule has 4 rings (SSSR count). The van der Waals surface area contributed by atoms with Crippen molar-refractivity contribution in [2.75, 3.05) is 18.6 Å². The molecule has 0 bridgehead atoms. The fourth-order valence-electron chi connectivity index (χ4n) is 4.19.